The average molecular weight is 340 g/mol. The molecule has 3 aromatic heterocycles. The highest BCUT2D eigenvalue weighted by atomic mass is 16.5. The summed E-state index contributed by atoms with van der Waals surface area (Å²) in [6, 6.07) is 18.1. The second-order valence-corrected chi connectivity index (χ2v) is 6.22. The number of fused-ring (bicyclic) bond motifs is 4. The normalized spacial score (nSPS) is 11.4. The number of hydrogen-bond donors (Lipinski definition) is 0. The fraction of sp³-hybridized carbons (Fsp3) is 0.0952. The number of methoxy groups -OCH3 is 1. The van der Waals surface area contributed by atoms with Gasteiger partial charge in [-0.15, -0.1) is 0 Å². The van der Waals surface area contributed by atoms with Gasteiger partial charge < -0.3 is 9.30 Å². The minimum atomic E-state index is 0.688. The molecule has 0 spiro atoms. The Bertz CT molecular complexity index is 1240. The van der Waals surface area contributed by atoms with Crippen molar-refractivity contribution < 1.29 is 4.74 Å². The highest BCUT2D eigenvalue weighted by molar-refractivity contribution is 6.07. The number of ether oxygens (including phenoxy) is 1. The van der Waals surface area contributed by atoms with E-state index in [0.29, 0.717) is 6.54 Å². The largest absolute Gasteiger partial charge is 0.497 e. The predicted octanol–water partition coefficient (Wildman–Crippen LogP) is 4.19. The van der Waals surface area contributed by atoms with Gasteiger partial charge in [-0.05, 0) is 42.0 Å². The molecule has 5 rings (SSSR count). The summed E-state index contributed by atoms with van der Waals surface area (Å²) in [5.41, 5.74) is 5.75. The first-order valence-corrected chi connectivity index (χ1v) is 8.45. The van der Waals surface area contributed by atoms with Crippen molar-refractivity contribution >= 4 is 33.1 Å². The number of hydrogen-bond acceptors (Lipinski definition) is 4. The van der Waals surface area contributed by atoms with E-state index in [2.05, 4.69) is 21.7 Å². The zero-order valence-corrected chi connectivity index (χ0v) is 14.3. The van der Waals surface area contributed by atoms with E-state index in [4.69, 9.17) is 14.7 Å². The Hall–Kier alpha value is -3.47. The smallest absolute Gasteiger partial charge is 0.160 e. The first-order chi connectivity index (χ1) is 12.8. The van der Waals surface area contributed by atoms with Crippen molar-refractivity contribution in [1.82, 2.24) is 19.5 Å². The van der Waals surface area contributed by atoms with Gasteiger partial charge in [0.25, 0.3) is 0 Å². The maximum absolute atomic E-state index is 5.42. The molecule has 0 radical (unpaired) electrons. The SMILES string of the molecule is COc1ccc2c(c1)c1nc3ccccc3nc1n2Cc1cccnc1. The predicted molar refractivity (Wildman–Crippen MR) is 102 cm³/mol. The van der Waals surface area contributed by atoms with Crippen molar-refractivity contribution in [2.45, 2.75) is 6.54 Å². The summed E-state index contributed by atoms with van der Waals surface area (Å²) in [5.74, 6) is 0.813. The van der Waals surface area contributed by atoms with Crippen LogP contribution in [0.1, 0.15) is 5.56 Å². The third kappa shape index (κ3) is 2.29. The molecule has 0 aliphatic carbocycles. The molecule has 0 N–H and O–H groups in total. The first-order valence-electron chi connectivity index (χ1n) is 8.45. The molecule has 126 valence electrons. The van der Waals surface area contributed by atoms with Crippen LogP contribution in [0.25, 0.3) is 33.1 Å². The van der Waals surface area contributed by atoms with Crippen LogP contribution in [-0.2, 0) is 6.54 Å². The Morgan fingerprint density at radius 2 is 1.81 bits per heavy atom. The van der Waals surface area contributed by atoms with Gasteiger partial charge in [0.15, 0.2) is 5.65 Å². The lowest BCUT2D eigenvalue weighted by atomic mass is 10.2. The van der Waals surface area contributed by atoms with E-state index in [1.165, 1.54) is 0 Å². The van der Waals surface area contributed by atoms with Crippen molar-refractivity contribution in [3.63, 3.8) is 0 Å². The number of nitrogens with zero attached hydrogens (tertiary/aromatic N) is 4. The summed E-state index contributed by atoms with van der Waals surface area (Å²) in [6.07, 6.45) is 3.67. The van der Waals surface area contributed by atoms with Gasteiger partial charge in [0.05, 0.1) is 30.2 Å². The van der Waals surface area contributed by atoms with Gasteiger partial charge in [0, 0.05) is 17.8 Å². The Morgan fingerprint density at radius 3 is 2.58 bits per heavy atom. The van der Waals surface area contributed by atoms with Gasteiger partial charge >= 0.3 is 0 Å². The summed E-state index contributed by atoms with van der Waals surface area (Å²) < 4.78 is 7.61. The van der Waals surface area contributed by atoms with Crippen LogP contribution in [0.5, 0.6) is 5.75 Å². The number of pyridine rings is 1. The molecule has 0 aliphatic heterocycles. The first kappa shape index (κ1) is 14.8. The molecule has 0 bridgehead atoms. The molecule has 0 saturated heterocycles. The van der Waals surface area contributed by atoms with Crippen LogP contribution in [0.4, 0.5) is 0 Å². The van der Waals surface area contributed by atoms with E-state index < -0.39 is 0 Å². The van der Waals surface area contributed by atoms with Crippen molar-refractivity contribution in [3.05, 3.63) is 72.6 Å². The van der Waals surface area contributed by atoms with Crippen molar-refractivity contribution in [2.24, 2.45) is 0 Å². The Morgan fingerprint density at radius 1 is 0.962 bits per heavy atom. The van der Waals surface area contributed by atoms with Crippen LogP contribution in [0, 0.1) is 0 Å². The number of benzene rings is 2. The molecular weight excluding hydrogens is 324 g/mol. The molecule has 3 heterocycles. The lowest BCUT2D eigenvalue weighted by molar-refractivity contribution is 0.415. The summed E-state index contributed by atoms with van der Waals surface area (Å²) in [6.45, 7) is 0.688. The average Bonchev–Trinajstić information content (AvgIpc) is 2.99. The Kier molecular flexibility index (Phi) is 3.31. The lowest BCUT2D eigenvalue weighted by Gasteiger charge is -2.07. The van der Waals surface area contributed by atoms with E-state index in [9.17, 15) is 0 Å². The van der Waals surface area contributed by atoms with Crippen molar-refractivity contribution in [3.8, 4) is 5.75 Å². The molecule has 0 saturated carbocycles. The van der Waals surface area contributed by atoms with Gasteiger partial charge in [-0.2, -0.15) is 0 Å². The van der Waals surface area contributed by atoms with Crippen LogP contribution < -0.4 is 4.74 Å². The zero-order valence-electron chi connectivity index (χ0n) is 14.3. The summed E-state index contributed by atoms with van der Waals surface area (Å²) >= 11 is 0. The van der Waals surface area contributed by atoms with Gasteiger partial charge in [-0.3, -0.25) is 4.98 Å². The van der Waals surface area contributed by atoms with E-state index >= 15 is 0 Å². The lowest BCUT2D eigenvalue weighted by Crippen LogP contribution is -2.01. The Labute approximate surface area is 149 Å². The minimum Gasteiger partial charge on any atom is -0.497 e. The van der Waals surface area contributed by atoms with E-state index in [0.717, 1.165) is 44.4 Å². The van der Waals surface area contributed by atoms with Gasteiger partial charge in [-0.1, -0.05) is 18.2 Å². The summed E-state index contributed by atoms with van der Waals surface area (Å²) in [4.78, 5) is 14.0. The van der Waals surface area contributed by atoms with Crippen LogP contribution in [-0.4, -0.2) is 26.6 Å². The molecular formula is C21H16N4O. The monoisotopic (exact) mass is 340 g/mol. The standard InChI is InChI=1S/C21H16N4O/c1-26-15-8-9-19-16(11-15)20-21(24-18-7-3-2-6-17(18)23-20)25(19)13-14-5-4-10-22-12-14/h2-12H,13H2,1H3. The molecule has 0 amide bonds. The quantitative estimate of drug-likeness (QED) is 0.494. The molecule has 2 aromatic carbocycles. The minimum absolute atomic E-state index is 0.688. The molecule has 5 aromatic rings. The molecule has 0 atom stereocenters. The fourth-order valence-corrected chi connectivity index (χ4v) is 3.38. The maximum atomic E-state index is 5.42. The van der Waals surface area contributed by atoms with Gasteiger partial charge in [0.1, 0.15) is 11.3 Å². The molecule has 5 heteroatoms. The molecule has 0 fully saturated rings. The van der Waals surface area contributed by atoms with Crippen molar-refractivity contribution in [1.29, 1.82) is 0 Å². The highest BCUT2D eigenvalue weighted by Gasteiger charge is 2.15. The van der Waals surface area contributed by atoms with Gasteiger partial charge in [-0.25, -0.2) is 9.97 Å². The van der Waals surface area contributed by atoms with Gasteiger partial charge in [0.2, 0.25) is 0 Å². The number of rotatable bonds is 3. The topological polar surface area (TPSA) is 52.8 Å². The molecule has 5 nitrogen and oxygen atoms in total. The van der Waals surface area contributed by atoms with E-state index in [1.54, 1.807) is 13.3 Å². The van der Waals surface area contributed by atoms with Crippen LogP contribution in [0.15, 0.2) is 67.0 Å². The second kappa shape index (κ2) is 5.81. The third-order valence-corrected chi connectivity index (χ3v) is 4.62. The highest BCUT2D eigenvalue weighted by Crippen LogP contribution is 2.31. The number of para-hydroxylation sites is 2. The van der Waals surface area contributed by atoms with Crippen LogP contribution in [0.3, 0.4) is 0 Å². The van der Waals surface area contributed by atoms with Crippen LogP contribution in [0.2, 0.25) is 0 Å². The van der Waals surface area contributed by atoms with Crippen LogP contribution >= 0.6 is 0 Å². The zero-order chi connectivity index (χ0) is 17.5. The molecule has 0 unspecified atom stereocenters. The van der Waals surface area contributed by atoms with E-state index in [-0.39, 0.29) is 0 Å². The van der Waals surface area contributed by atoms with E-state index in [1.807, 2.05) is 48.7 Å². The summed E-state index contributed by atoms with van der Waals surface area (Å²) in [7, 11) is 1.68. The third-order valence-electron chi connectivity index (χ3n) is 4.62. The van der Waals surface area contributed by atoms with Crippen molar-refractivity contribution in [2.75, 3.05) is 7.11 Å². The molecule has 26 heavy (non-hydrogen) atoms. The second-order valence-electron chi connectivity index (χ2n) is 6.22. The number of aromatic nitrogens is 4. The molecule has 0 aliphatic rings. The fourth-order valence-electron chi connectivity index (χ4n) is 3.38. The summed E-state index contributed by atoms with van der Waals surface area (Å²) in [5, 5.41) is 1.04. The Balaban J connectivity index is 1.86. The maximum Gasteiger partial charge on any atom is 0.160 e.